The average molecular weight is 356 g/mol. The highest BCUT2D eigenvalue weighted by Gasteiger charge is 2.11. The van der Waals surface area contributed by atoms with E-state index in [1.54, 1.807) is 6.07 Å². The van der Waals surface area contributed by atoms with E-state index < -0.39 is 0 Å². The number of nitrogens with zero attached hydrogens (tertiary/aromatic N) is 1. The van der Waals surface area contributed by atoms with Gasteiger partial charge in [-0.05, 0) is 43.2 Å². The number of nitrogens with one attached hydrogen (secondary N) is 1. The fourth-order valence-electron chi connectivity index (χ4n) is 2.37. The standard InChI is InChI=1S/C21H28N2O3/c1-5-12-25-19-11-10-17(15-20(19)26-13-6-2)22-21(24)16-8-7-9-18(14-16)23(3)4/h7-11,14-15H,5-6,12-13H2,1-4H3,(H,22,24). The van der Waals surface area contributed by atoms with Crippen LogP contribution in [0.15, 0.2) is 42.5 Å². The molecule has 5 heteroatoms. The molecule has 2 aromatic rings. The number of rotatable bonds is 9. The Hall–Kier alpha value is -2.69. The maximum absolute atomic E-state index is 12.6. The number of ether oxygens (including phenoxy) is 2. The number of benzene rings is 2. The Morgan fingerprint density at radius 2 is 1.65 bits per heavy atom. The van der Waals surface area contributed by atoms with Crippen LogP contribution in [-0.4, -0.2) is 33.2 Å². The van der Waals surface area contributed by atoms with Gasteiger partial charge in [-0.3, -0.25) is 4.79 Å². The van der Waals surface area contributed by atoms with Crippen LogP contribution < -0.4 is 19.7 Å². The molecule has 1 amide bonds. The van der Waals surface area contributed by atoms with Gasteiger partial charge in [0.05, 0.1) is 13.2 Å². The molecule has 0 unspecified atom stereocenters. The Morgan fingerprint density at radius 1 is 0.962 bits per heavy atom. The third-order valence-corrected chi connectivity index (χ3v) is 3.75. The van der Waals surface area contributed by atoms with Crippen molar-refractivity contribution in [3.63, 3.8) is 0 Å². The minimum Gasteiger partial charge on any atom is -0.490 e. The van der Waals surface area contributed by atoms with Crippen molar-refractivity contribution < 1.29 is 14.3 Å². The number of amides is 1. The summed E-state index contributed by atoms with van der Waals surface area (Å²) in [5, 5.41) is 2.93. The van der Waals surface area contributed by atoms with E-state index in [-0.39, 0.29) is 5.91 Å². The molecule has 0 bridgehead atoms. The molecule has 0 spiro atoms. The van der Waals surface area contributed by atoms with E-state index in [0.717, 1.165) is 18.5 Å². The molecule has 5 nitrogen and oxygen atoms in total. The second kappa shape index (κ2) is 9.70. The Balaban J connectivity index is 2.17. The van der Waals surface area contributed by atoms with E-state index in [0.29, 0.717) is 36.0 Å². The summed E-state index contributed by atoms with van der Waals surface area (Å²) in [6.45, 7) is 5.34. The van der Waals surface area contributed by atoms with Gasteiger partial charge in [0.1, 0.15) is 0 Å². The summed E-state index contributed by atoms with van der Waals surface area (Å²) < 4.78 is 11.5. The normalized spacial score (nSPS) is 10.3. The van der Waals surface area contributed by atoms with Crippen molar-refractivity contribution in [2.75, 3.05) is 37.5 Å². The summed E-state index contributed by atoms with van der Waals surface area (Å²) >= 11 is 0. The van der Waals surface area contributed by atoms with Crippen LogP contribution in [0.1, 0.15) is 37.0 Å². The van der Waals surface area contributed by atoms with Crippen LogP contribution in [0.4, 0.5) is 11.4 Å². The molecular formula is C21H28N2O3. The Kier molecular flexibility index (Phi) is 7.33. The number of carbonyl (C=O) groups excluding carboxylic acids is 1. The Labute approximate surface area is 155 Å². The molecule has 0 aliphatic heterocycles. The first-order valence-electron chi connectivity index (χ1n) is 9.03. The highest BCUT2D eigenvalue weighted by molar-refractivity contribution is 6.05. The van der Waals surface area contributed by atoms with E-state index >= 15 is 0 Å². The molecule has 2 aromatic carbocycles. The van der Waals surface area contributed by atoms with Gasteiger partial charge in [0.25, 0.3) is 5.91 Å². The molecule has 0 radical (unpaired) electrons. The molecule has 0 aromatic heterocycles. The highest BCUT2D eigenvalue weighted by Crippen LogP contribution is 2.31. The largest absolute Gasteiger partial charge is 0.490 e. The van der Waals surface area contributed by atoms with Crippen molar-refractivity contribution in [3.05, 3.63) is 48.0 Å². The molecule has 0 aliphatic carbocycles. The topological polar surface area (TPSA) is 50.8 Å². The van der Waals surface area contributed by atoms with Crippen LogP contribution in [0.25, 0.3) is 0 Å². The first-order chi connectivity index (χ1) is 12.5. The zero-order valence-corrected chi connectivity index (χ0v) is 16.0. The maximum Gasteiger partial charge on any atom is 0.255 e. The molecule has 0 heterocycles. The van der Waals surface area contributed by atoms with Crippen molar-refractivity contribution in [3.8, 4) is 11.5 Å². The van der Waals surface area contributed by atoms with Crippen molar-refractivity contribution >= 4 is 17.3 Å². The third kappa shape index (κ3) is 5.41. The molecule has 26 heavy (non-hydrogen) atoms. The second-order valence-corrected chi connectivity index (χ2v) is 6.26. The molecule has 0 fully saturated rings. The number of anilines is 2. The summed E-state index contributed by atoms with van der Waals surface area (Å²) in [6.07, 6.45) is 1.83. The zero-order chi connectivity index (χ0) is 18.9. The Morgan fingerprint density at radius 3 is 2.31 bits per heavy atom. The Bertz CT molecular complexity index is 729. The first kappa shape index (κ1) is 19.6. The molecule has 0 atom stereocenters. The van der Waals surface area contributed by atoms with Gasteiger partial charge in [0.15, 0.2) is 11.5 Å². The smallest absolute Gasteiger partial charge is 0.255 e. The van der Waals surface area contributed by atoms with Gasteiger partial charge in [-0.15, -0.1) is 0 Å². The van der Waals surface area contributed by atoms with E-state index in [2.05, 4.69) is 19.2 Å². The lowest BCUT2D eigenvalue weighted by Crippen LogP contribution is -2.14. The van der Waals surface area contributed by atoms with Crippen LogP contribution >= 0.6 is 0 Å². The summed E-state index contributed by atoms with van der Waals surface area (Å²) in [6, 6.07) is 13.0. The molecular weight excluding hydrogens is 328 g/mol. The molecule has 140 valence electrons. The summed E-state index contributed by atoms with van der Waals surface area (Å²) in [4.78, 5) is 14.5. The fraction of sp³-hybridized carbons (Fsp3) is 0.381. The van der Waals surface area contributed by atoms with Crippen LogP contribution in [0.3, 0.4) is 0 Å². The molecule has 0 saturated carbocycles. The summed E-state index contributed by atoms with van der Waals surface area (Å²) in [5.74, 6) is 1.20. The van der Waals surface area contributed by atoms with Crippen LogP contribution in [0, 0.1) is 0 Å². The van der Waals surface area contributed by atoms with E-state index in [9.17, 15) is 4.79 Å². The van der Waals surface area contributed by atoms with Crippen LogP contribution in [-0.2, 0) is 0 Å². The number of hydrogen-bond acceptors (Lipinski definition) is 4. The zero-order valence-electron chi connectivity index (χ0n) is 16.0. The fourth-order valence-corrected chi connectivity index (χ4v) is 2.37. The average Bonchev–Trinajstić information content (AvgIpc) is 2.65. The van der Waals surface area contributed by atoms with Crippen molar-refractivity contribution in [1.29, 1.82) is 0 Å². The molecule has 0 saturated heterocycles. The van der Waals surface area contributed by atoms with Crippen LogP contribution in [0.2, 0.25) is 0 Å². The van der Waals surface area contributed by atoms with Crippen molar-refractivity contribution in [1.82, 2.24) is 0 Å². The van der Waals surface area contributed by atoms with Gasteiger partial charge in [0.2, 0.25) is 0 Å². The van der Waals surface area contributed by atoms with Gasteiger partial charge in [-0.25, -0.2) is 0 Å². The lowest BCUT2D eigenvalue weighted by molar-refractivity contribution is 0.102. The number of hydrogen-bond donors (Lipinski definition) is 1. The number of carbonyl (C=O) groups is 1. The maximum atomic E-state index is 12.6. The van der Waals surface area contributed by atoms with E-state index in [1.807, 2.05) is 55.4 Å². The predicted octanol–water partition coefficient (Wildman–Crippen LogP) is 4.58. The van der Waals surface area contributed by atoms with Gasteiger partial charge in [-0.2, -0.15) is 0 Å². The summed E-state index contributed by atoms with van der Waals surface area (Å²) in [7, 11) is 3.90. The highest BCUT2D eigenvalue weighted by atomic mass is 16.5. The van der Waals surface area contributed by atoms with Crippen LogP contribution in [0.5, 0.6) is 11.5 Å². The minimum atomic E-state index is -0.155. The SMILES string of the molecule is CCCOc1ccc(NC(=O)c2cccc(N(C)C)c2)cc1OCCC. The van der Waals surface area contributed by atoms with E-state index in [4.69, 9.17) is 9.47 Å². The van der Waals surface area contributed by atoms with Gasteiger partial charge in [0, 0.05) is 37.1 Å². The molecule has 0 aliphatic rings. The molecule has 1 N–H and O–H groups in total. The van der Waals surface area contributed by atoms with Crippen molar-refractivity contribution in [2.24, 2.45) is 0 Å². The first-order valence-corrected chi connectivity index (χ1v) is 9.03. The monoisotopic (exact) mass is 356 g/mol. The minimum absolute atomic E-state index is 0.155. The lowest BCUT2D eigenvalue weighted by Gasteiger charge is -2.15. The van der Waals surface area contributed by atoms with Gasteiger partial charge >= 0.3 is 0 Å². The van der Waals surface area contributed by atoms with Crippen molar-refractivity contribution in [2.45, 2.75) is 26.7 Å². The van der Waals surface area contributed by atoms with Gasteiger partial charge < -0.3 is 19.7 Å². The quantitative estimate of drug-likeness (QED) is 0.714. The predicted molar refractivity (Wildman–Crippen MR) is 107 cm³/mol. The van der Waals surface area contributed by atoms with E-state index in [1.165, 1.54) is 0 Å². The third-order valence-electron chi connectivity index (χ3n) is 3.75. The second-order valence-electron chi connectivity index (χ2n) is 6.26. The molecule has 2 rings (SSSR count). The lowest BCUT2D eigenvalue weighted by atomic mass is 10.1. The summed E-state index contributed by atoms with van der Waals surface area (Å²) in [5.41, 5.74) is 2.27. The van der Waals surface area contributed by atoms with Gasteiger partial charge in [-0.1, -0.05) is 19.9 Å².